The standard InChI is InChI=1S/C29H30N4O2S/c1-19(2)35-24-15-11-22(12-16-24)33-28(27(31-29(33)36)25-7-5-6-18-30-25)26-17-8-20(3)32(26)21-9-13-23(34-4)14-10-21/h5-19,27-28H,1-4H3,(H,31,36)/t27-,28-/m0/s1. The van der Waals surface area contributed by atoms with Gasteiger partial charge in [-0.25, -0.2) is 0 Å². The Morgan fingerprint density at radius 2 is 1.58 bits per heavy atom. The molecule has 1 aliphatic rings. The lowest BCUT2D eigenvalue weighted by atomic mass is 10.0. The molecule has 7 heteroatoms. The van der Waals surface area contributed by atoms with Crippen LogP contribution in [0.1, 0.15) is 43.0 Å². The van der Waals surface area contributed by atoms with E-state index < -0.39 is 0 Å². The Morgan fingerprint density at radius 3 is 2.22 bits per heavy atom. The maximum atomic E-state index is 5.91. The lowest BCUT2D eigenvalue weighted by molar-refractivity contribution is 0.242. The van der Waals surface area contributed by atoms with Crippen LogP contribution in [-0.2, 0) is 0 Å². The van der Waals surface area contributed by atoms with Crippen molar-refractivity contribution in [3.63, 3.8) is 0 Å². The second kappa shape index (κ2) is 10.0. The van der Waals surface area contributed by atoms with Gasteiger partial charge in [-0.1, -0.05) is 6.07 Å². The molecule has 1 aliphatic heterocycles. The van der Waals surface area contributed by atoms with Crippen molar-refractivity contribution < 1.29 is 9.47 Å². The summed E-state index contributed by atoms with van der Waals surface area (Å²) in [6.45, 7) is 6.17. The summed E-state index contributed by atoms with van der Waals surface area (Å²) >= 11 is 5.91. The van der Waals surface area contributed by atoms with Crippen molar-refractivity contribution in [2.45, 2.75) is 39.0 Å². The minimum absolute atomic E-state index is 0.113. The maximum Gasteiger partial charge on any atom is 0.174 e. The molecule has 0 radical (unpaired) electrons. The smallest absolute Gasteiger partial charge is 0.174 e. The Hall–Kier alpha value is -3.84. The lowest BCUT2D eigenvalue weighted by Crippen LogP contribution is -2.30. The van der Waals surface area contributed by atoms with Crippen LogP contribution < -0.4 is 19.7 Å². The van der Waals surface area contributed by atoms with Gasteiger partial charge in [0, 0.05) is 29.0 Å². The van der Waals surface area contributed by atoms with Crippen molar-refractivity contribution >= 4 is 23.0 Å². The third-order valence-corrected chi connectivity index (χ3v) is 6.64. The average Bonchev–Trinajstić information content (AvgIpc) is 3.44. The number of aromatic nitrogens is 2. The normalized spacial score (nSPS) is 17.4. The molecule has 2 aromatic carbocycles. The summed E-state index contributed by atoms with van der Waals surface area (Å²) in [6.07, 6.45) is 1.94. The number of nitrogens with zero attached hydrogens (tertiary/aromatic N) is 3. The molecule has 36 heavy (non-hydrogen) atoms. The fourth-order valence-corrected chi connectivity index (χ4v) is 5.11. The van der Waals surface area contributed by atoms with Gasteiger partial charge in [-0.2, -0.15) is 0 Å². The summed E-state index contributed by atoms with van der Waals surface area (Å²) in [5.74, 6) is 1.66. The van der Waals surface area contributed by atoms with Crippen LogP contribution in [-0.4, -0.2) is 27.9 Å². The van der Waals surface area contributed by atoms with Gasteiger partial charge < -0.3 is 24.3 Å². The molecule has 0 spiro atoms. The van der Waals surface area contributed by atoms with E-state index in [1.807, 2.05) is 62.5 Å². The first kappa shape index (κ1) is 23.9. The van der Waals surface area contributed by atoms with Crippen molar-refractivity contribution in [1.29, 1.82) is 0 Å². The Labute approximate surface area is 217 Å². The molecule has 184 valence electrons. The molecule has 0 saturated carbocycles. The van der Waals surface area contributed by atoms with Gasteiger partial charge in [-0.15, -0.1) is 0 Å². The molecule has 5 rings (SSSR count). The van der Waals surface area contributed by atoms with Gasteiger partial charge in [0.15, 0.2) is 5.11 Å². The fourth-order valence-electron chi connectivity index (χ4n) is 4.76. The highest BCUT2D eigenvalue weighted by molar-refractivity contribution is 7.80. The van der Waals surface area contributed by atoms with Crippen LogP contribution >= 0.6 is 12.2 Å². The zero-order valence-electron chi connectivity index (χ0n) is 20.9. The van der Waals surface area contributed by atoms with Crippen molar-refractivity contribution in [1.82, 2.24) is 14.9 Å². The number of nitrogens with one attached hydrogen (secondary N) is 1. The fraction of sp³-hybridized carbons (Fsp3) is 0.241. The Bertz CT molecular complexity index is 1330. The van der Waals surface area contributed by atoms with Crippen molar-refractivity contribution in [3.05, 3.63) is 102 Å². The number of methoxy groups -OCH3 is 1. The number of pyridine rings is 1. The van der Waals surface area contributed by atoms with Gasteiger partial charge >= 0.3 is 0 Å². The predicted molar refractivity (Wildman–Crippen MR) is 147 cm³/mol. The number of ether oxygens (including phenoxy) is 2. The number of hydrogen-bond donors (Lipinski definition) is 1. The topological polar surface area (TPSA) is 51.5 Å². The van der Waals surface area contributed by atoms with E-state index in [2.05, 4.69) is 63.1 Å². The van der Waals surface area contributed by atoms with Crippen LogP contribution in [0, 0.1) is 6.92 Å². The highest BCUT2D eigenvalue weighted by Crippen LogP contribution is 2.43. The Balaban J connectivity index is 1.62. The summed E-state index contributed by atoms with van der Waals surface area (Å²) < 4.78 is 13.5. The van der Waals surface area contributed by atoms with E-state index in [9.17, 15) is 0 Å². The Morgan fingerprint density at radius 1 is 0.889 bits per heavy atom. The maximum absolute atomic E-state index is 5.91. The number of thiocarbonyl (C=S) groups is 1. The van der Waals surface area contributed by atoms with Crippen LogP contribution in [0.4, 0.5) is 5.69 Å². The number of aryl methyl sites for hydroxylation is 1. The molecule has 1 N–H and O–H groups in total. The quantitative estimate of drug-likeness (QED) is 0.308. The number of hydrogen-bond acceptors (Lipinski definition) is 4. The van der Waals surface area contributed by atoms with Crippen molar-refractivity contribution in [2.75, 3.05) is 12.0 Å². The minimum Gasteiger partial charge on any atom is -0.497 e. The first-order valence-corrected chi connectivity index (χ1v) is 12.5. The number of anilines is 1. The van der Waals surface area contributed by atoms with E-state index in [0.29, 0.717) is 5.11 Å². The highest BCUT2D eigenvalue weighted by Gasteiger charge is 2.42. The molecule has 0 bridgehead atoms. The first-order chi connectivity index (χ1) is 17.5. The summed E-state index contributed by atoms with van der Waals surface area (Å²) in [4.78, 5) is 6.87. The predicted octanol–water partition coefficient (Wildman–Crippen LogP) is 6.15. The van der Waals surface area contributed by atoms with Crippen LogP contribution in [0.2, 0.25) is 0 Å². The lowest BCUT2D eigenvalue weighted by Gasteiger charge is -2.29. The monoisotopic (exact) mass is 498 g/mol. The van der Waals surface area contributed by atoms with Gasteiger partial charge in [0.2, 0.25) is 0 Å². The Kier molecular flexibility index (Phi) is 6.65. The molecule has 4 aromatic rings. The summed E-state index contributed by atoms with van der Waals surface area (Å²) in [6, 6.07) is 26.3. The van der Waals surface area contributed by atoms with Gasteiger partial charge in [0.25, 0.3) is 0 Å². The van der Waals surface area contributed by atoms with E-state index in [4.69, 9.17) is 21.7 Å². The van der Waals surface area contributed by atoms with E-state index in [-0.39, 0.29) is 18.2 Å². The molecule has 0 amide bonds. The van der Waals surface area contributed by atoms with Crippen molar-refractivity contribution in [2.24, 2.45) is 0 Å². The van der Waals surface area contributed by atoms with E-state index in [0.717, 1.165) is 40.0 Å². The number of rotatable bonds is 7. The van der Waals surface area contributed by atoms with Crippen LogP contribution in [0.25, 0.3) is 5.69 Å². The molecule has 2 atom stereocenters. The molecule has 3 heterocycles. The van der Waals surface area contributed by atoms with E-state index >= 15 is 0 Å². The van der Waals surface area contributed by atoms with Crippen LogP contribution in [0.3, 0.4) is 0 Å². The molecule has 1 fully saturated rings. The third kappa shape index (κ3) is 4.54. The molecule has 1 saturated heterocycles. The first-order valence-electron chi connectivity index (χ1n) is 12.1. The van der Waals surface area contributed by atoms with Crippen molar-refractivity contribution in [3.8, 4) is 17.2 Å². The molecular formula is C29H30N4O2S. The second-order valence-corrected chi connectivity index (χ2v) is 9.48. The molecule has 0 unspecified atom stereocenters. The minimum atomic E-state index is -0.128. The SMILES string of the molecule is COc1ccc(-n2c(C)ccc2[C@H]2[C@H](c3ccccn3)NC(=S)N2c2ccc(OC(C)C)cc2)cc1. The third-order valence-electron chi connectivity index (χ3n) is 6.32. The molecular weight excluding hydrogens is 468 g/mol. The molecule has 6 nitrogen and oxygen atoms in total. The largest absolute Gasteiger partial charge is 0.497 e. The average molecular weight is 499 g/mol. The summed E-state index contributed by atoms with van der Waals surface area (Å²) in [7, 11) is 1.68. The highest BCUT2D eigenvalue weighted by atomic mass is 32.1. The summed E-state index contributed by atoms with van der Waals surface area (Å²) in [5.41, 5.74) is 5.24. The van der Waals surface area contributed by atoms with Gasteiger partial charge in [0.05, 0.1) is 24.9 Å². The van der Waals surface area contributed by atoms with E-state index in [1.54, 1.807) is 7.11 Å². The second-order valence-electron chi connectivity index (χ2n) is 9.09. The van der Waals surface area contributed by atoms with Gasteiger partial charge in [0.1, 0.15) is 17.5 Å². The van der Waals surface area contributed by atoms with Gasteiger partial charge in [-0.05, 0) is 106 Å². The van der Waals surface area contributed by atoms with E-state index in [1.165, 1.54) is 0 Å². The molecule has 0 aliphatic carbocycles. The number of benzene rings is 2. The van der Waals surface area contributed by atoms with Crippen LogP contribution in [0.5, 0.6) is 11.5 Å². The zero-order valence-corrected chi connectivity index (χ0v) is 21.7. The molecule has 2 aromatic heterocycles. The van der Waals surface area contributed by atoms with Gasteiger partial charge in [-0.3, -0.25) is 4.98 Å². The zero-order chi connectivity index (χ0) is 25.2. The van der Waals surface area contributed by atoms with Crippen LogP contribution in [0.15, 0.2) is 85.1 Å². The summed E-state index contributed by atoms with van der Waals surface area (Å²) in [5, 5.41) is 4.21.